The van der Waals surface area contributed by atoms with Crippen LogP contribution >= 0.6 is 23.2 Å². The van der Waals surface area contributed by atoms with Crippen LogP contribution < -0.4 is 10.6 Å². The van der Waals surface area contributed by atoms with E-state index in [0.717, 1.165) is 48.5 Å². The van der Waals surface area contributed by atoms with Crippen molar-refractivity contribution in [1.82, 2.24) is 19.9 Å². The molecule has 4 rings (SSSR count). The molecule has 0 aliphatic rings. The zero-order valence-electron chi connectivity index (χ0n) is 32.5. The Bertz CT molecular complexity index is 1920. The second kappa shape index (κ2) is 20.6. The first kappa shape index (κ1) is 47.1. The Morgan fingerprint density at radius 2 is 0.833 bits per heavy atom. The molecule has 12 nitrogen and oxygen atoms in total. The van der Waals surface area contributed by atoms with Gasteiger partial charge in [0.2, 0.25) is 0 Å². The average molecular weight is 886 g/mol. The Morgan fingerprint density at radius 1 is 0.533 bits per heavy atom. The van der Waals surface area contributed by atoms with E-state index < -0.39 is 59.6 Å². The average Bonchev–Trinajstić information content (AvgIpc) is 3.17. The van der Waals surface area contributed by atoms with Gasteiger partial charge in [-0.05, 0) is 138 Å². The van der Waals surface area contributed by atoms with Gasteiger partial charge < -0.3 is 30.1 Å². The molecule has 0 aliphatic carbocycles. The molecule has 0 radical (unpaired) electrons. The van der Waals surface area contributed by atoms with Gasteiger partial charge in [-0.15, -0.1) is 10.1 Å². The Hall–Kier alpha value is -5.56. The Kier molecular flexibility index (Phi) is 16.2. The lowest BCUT2D eigenvalue weighted by Crippen LogP contribution is -2.45. The second-order valence-corrected chi connectivity index (χ2v) is 14.6. The smallest absolute Gasteiger partial charge is 0.325 e. The third kappa shape index (κ3) is 13.8. The summed E-state index contributed by atoms with van der Waals surface area (Å²) in [6, 6.07) is 14.3. The van der Waals surface area contributed by atoms with Gasteiger partial charge in [-0.2, -0.15) is 26.3 Å². The fourth-order valence-corrected chi connectivity index (χ4v) is 5.81. The number of rotatable bonds is 12. The summed E-state index contributed by atoms with van der Waals surface area (Å²) in [6.07, 6.45) is -9.19. The van der Waals surface area contributed by atoms with Gasteiger partial charge in [0.05, 0.1) is 23.2 Å². The number of hydroxylamine groups is 4. The Morgan fingerprint density at radius 3 is 1.10 bits per heavy atom. The molecule has 2 N–H and O–H groups in total. The normalized spacial score (nSPS) is 12.7. The van der Waals surface area contributed by atoms with Crippen LogP contribution in [0.4, 0.5) is 47.3 Å². The first-order chi connectivity index (χ1) is 28.1. The molecule has 2 atom stereocenters. The van der Waals surface area contributed by atoms with Gasteiger partial charge in [0, 0.05) is 21.4 Å². The third-order valence-corrected chi connectivity index (χ3v) is 9.14. The van der Waals surface area contributed by atoms with Crippen LogP contribution in [0.15, 0.2) is 97.1 Å². The number of amides is 4. The first-order valence-electron chi connectivity index (χ1n) is 17.9. The lowest BCUT2D eigenvalue weighted by molar-refractivity contribution is -0.212. The molecule has 0 aliphatic heterocycles. The summed E-state index contributed by atoms with van der Waals surface area (Å²) in [5.74, 6) is -3.62. The van der Waals surface area contributed by atoms with Crippen molar-refractivity contribution in [3.05, 3.63) is 129 Å². The minimum absolute atomic E-state index is 0.0717. The predicted molar refractivity (Wildman–Crippen MR) is 212 cm³/mol. The molecule has 20 heteroatoms. The molecule has 2 unspecified atom stereocenters. The van der Waals surface area contributed by atoms with Gasteiger partial charge in [-0.1, -0.05) is 47.5 Å². The lowest BCUT2D eigenvalue weighted by atomic mass is 10.0. The fraction of sp³-hybridized carbons (Fsp3) is 0.300. The van der Waals surface area contributed by atoms with Crippen molar-refractivity contribution < 1.29 is 55.2 Å². The van der Waals surface area contributed by atoms with Crippen LogP contribution in [-0.2, 0) is 31.6 Å². The van der Waals surface area contributed by atoms with Crippen molar-refractivity contribution in [2.24, 2.45) is 0 Å². The summed E-state index contributed by atoms with van der Waals surface area (Å²) >= 11 is 12.2. The van der Waals surface area contributed by atoms with E-state index in [4.69, 9.17) is 32.9 Å². The van der Waals surface area contributed by atoms with Gasteiger partial charge in [-0.25, -0.2) is 19.2 Å². The zero-order valence-corrected chi connectivity index (χ0v) is 34.0. The molecule has 4 amide bonds. The highest BCUT2D eigenvalue weighted by molar-refractivity contribution is 6.31. The van der Waals surface area contributed by atoms with Crippen molar-refractivity contribution in [1.29, 1.82) is 0 Å². The summed E-state index contributed by atoms with van der Waals surface area (Å²) in [7, 11) is 6.92. The summed E-state index contributed by atoms with van der Waals surface area (Å²) in [4.78, 5) is 69.7. The first-order valence-corrected chi connectivity index (χ1v) is 18.7. The predicted octanol–water partition coefficient (Wildman–Crippen LogP) is 9.70. The van der Waals surface area contributed by atoms with Crippen LogP contribution in [0.3, 0.4) is 0 Å². The summed E-state index contributed by atoms with van der Waals surface area (Å²) in [5, 5.41) is 6.43. The molecule has 0 spiro atoms. The van der Waals surface area contributed by atoms with Crippen molar-refractivity contribution in [3.63, 3.8) is 0 Å². The second-order valence-electron chi connectivity index (χ2n) is 13.7. The van der Waals surface area contributed by atoms with Gasteiger partial charge >= 0.3 is 36.4 Å². The molecule has 0 saturated carbocycles. The number of hydrogen-bond acceptors (Lipinski definition) is 8. The van der Waals surface area contributed by atoms with E-state index in [-0.39, 0.29) is 37.3 Å². The molecule has 322 valence electrons. The lowest BCUT2D eigenvalue weighted by Gasteiger charge is -2.32. The highest BCUT2D eigenvalue weighted by Crippen LogP contribution is 2.33. The molecule has 0 bridgehead atoms. The topological polar surface area (TPSA) is 124 Å². The fourth-order valence-electron chi connectivity index (χ4n) is 5.56. The maximum atomic E-state index is 13.9. The number of hydrogen-bond donors (Lipinski definition) is 2. The number of halogens is 8. The zero-order chi connectivity index (χ0) is 44.4. The molecule has 4 aromatic rings. The maximum Gasteiger partial charge on any atom is 0.444 e. The number of alkyl halides is 6. The minimum Gasteiger partial charge on any atom is -0.325 e. The van der Waals surface area contributed by atoms with E-state index in [9.17, 15) is 45.5 Å². The van der Waals surface area contributed by atoms with E-state index in [1.807, 2.05) is 0 Å². The van der Waals surface area contributed by atoms with E-state index in [0.29, 0.717) is 31.3 Å². The number of benzene rings is 4. The highest BCUT2D eigenvalue weighted by atomic mass is 35.5. The van der Waals surface area contributed by atoms with Crippen LogP contribution in [-0.4, -0.2) is 85.2 Å². The molecule has 60 heavy (non-hydrogen) atoms. The molecular weight excluding hydrogens is 845 g/mol. The van der Waals surface area contributed by atoms with Gasteiger partial charge in [-0.3, -0.25) is 0 Å². The van der Waals surface area contributed by atoms with Crippen molar-refractivity contribution in [3.8, 4) is 0 Å². The number of urea groups is 2. The standard InChI is InChI=1S/C40H40Cl2F6N6O6/c1-51(2)23-21-33(25-5-13-29(41)14-6-25)53(37(57)49-31-17-9-27(10-18-31)39(43,44)45)59-35(55)36(56)60-54(34(22-24-52(3)4)26-7-15-30(42)16-8-26)38(58)50-32-19-11-28(12-20-32)40(46,47)48/h5-20,33-34H,21-24H2,1-4H3,(H,49,57)(H,50,58). The number of anilines is 2. The number of carbonyl (C=O) groups is 4. The van der Waals surface area contributed by atoms with Gasteiger partial charge in [0.15, 0.2) is 0 Å². The Balaban J connectivity index is 1.72. The van der Waals surface area contributed by atoms with Crippen LogP contribution in [0.1, 0.15) is 47.2 Å². The van der Waals surface area contributed by atoms with Crippen molar-refractivity contribution in [2.75, 3.05) is 51.9 Å². The molecule has 0 heterocycles. The van der Waals surface area contributed by atoms with Crippen molar-refractivity contribution >= 4 is 58.6 Å². The van der Waals surface area contributed by atoms with Crippen LogP contribution in [0.2, 0.25) is 10.0 Å². The van der Waals surface area contributed by atoms with Gasteiger partial charge in [0.25, 0.3) is 0 Å². The van der Waals surface area contributed by atoms with Crippen LogP contribution in [0.5, 0.6) is 0 Å². The summed E-state index contributed by atoms with van der Waals surface area (Å²) < 4.78 is 79.6. The SMILES string of the molecule is CN(C)CCC(c1ccc(Cl)cc1)N(OC(=O)C(=O)ON(C(=O)Nc1ccc(C(F)(F)F)cc1)C(CCN(C)C)c1ccc(Cl)cc1)C(=O)Nc1ccc(C(F)(F)F)cc1. The van der Waals surface area contributed by atoms with E-state index in [1.165, 1.54) is 48.5 Å². The molecule has 4 aromatic carbocycles. The van der Waals surface area contributed by atoms with Crippen LogP contribution in [0.25, 0.3) is 0 Å². The van der Waals surface area contributed by atoms with E-state index in [1.54, 1.807) is 38.0 Å². The number of nitrogens with zero attached hydrogens (tertiary/aromatic N) is 4. The molecule has 0 fully saturated rings. The van der Waals surface area contributed by atoms with E-state index >= 15 is 0 Å². The molecule has 0 aromatic heterocycles. The number of carbonyl (C=O) groups excluding carboxylic acids is 4. The maximum absolute atomic E-state index is 13.9. The molecule has 0 saturated heterocycles. The van der Waals surface area contributed by atoms with Gasteiger partial charge in [0.1, 0.15) is 0 Å². The van der Waals surface area contributed by atoms with Crippen LogP contribution in [0, 0.1) is 0 Å². The number of nitrogens with one attached hydrogen (secondary N) is 2. The Labute approximate surface area is 351 Å². The van der Waals surface area contributed by atoms with Crippen molar-refractivity contribution in [2.45, 2.75) is 37.3 Å². The largest absolute Gasteiger partial charge is 0.444 e. The van der Waals surface area contributed by atoms with E-state index in [2.05, 4.69) is 10.6 Å². The quantitative estimate of drug-likeness (QED) is 0.0820. The summed E-state index contributed by atoms with van der Waals surface area (Å²) in [6.45, 7) is 0.567. The summed E-state index contributed by atoms with van der Waals surface area (Å²) in [5.41, 5.74) is -1.51. The highest BCUT2D eigenvalue weighted by Gasteiger charge is 2.37. The minimum atomic E-state index is -4.67. The third-order valence-electron chi connectivity index (χ3n) is 8.63. The molecular formula is C40H40Cl2F6N6O6. The monoisotopic (exact) mass is 884 g/mol.